The number of nitriles is 1. The van der Waals surface area contributed by atoms with Gasteiger partial charge < -0.3 is 0 Å². The highest BCUT2D eigenvalue weighted by atomic mass is 35.5. The molecule has 0 saturated carbocycles. The molecule has 0 aliphatic rings. The second-order valence-corrected chi connectivity index (χ2v) is 3.52. The van der Waals surface area contributed by atoms with Crippen molar-refractivity contribution in [1.29, 1.82) is 5.26 Å². The van der Waals surface area contributed by atoms with Gasteiger partial charge >= 0.3 is 0 Å². The summed E-state index contributed by atoms with van der Waals surface area (Å²) in [6.45, 7) is 1.89. The first-order chi connectivity index (χ1) is 6.70. The fourth-order valence-electron chi connectivity index (χ4n) is 1.09. The zero-order chi connectivity index (χ0) is 10.6. The minimum absolute atomic E-state index is 0.445. The van der Waals surface area contributed by atoms with E-state index in [1.54, 1.807) is 12.1 Å². The Hall–Kier alpha value is -0.970. The highest BCUT2D eigenvalue weighted by molar-refractivity contribution is 6.51. The molecule has 0 amide bonds. The fraction of sp³-hybridized carbons (Fsp3) is 0.182. The van der Waals surface area contributed by atoms with E-state index < -0.39 is 0 Å². The maximum Gasteiger partial charge on any atom is 0.0962 e. The van der Waals surface area contributed by atoms with Crippen LogP contribution in [0.15, 0.2) is 29.8 Å². The largest absolute Gasteiger partial charge is 0.193 e. The van der Waals surface area contributed by atoms with E-state index in [9.17, 15) is 0 Å². The summed E-state index contributed by atoms with van der Waals surface area (Å²) in [5.74, 6) is 0. The predicted octanol–water partition coefficient (Wildman–Crippen LogP) is 4.22. The summed E-state index contributed by atoms with van der Waals surface area (Å²) in [6, 6.07) is 9.29. The third-order valence-electron chi connectivity index (χ3n) is 1.86. The Morgan fingerprint density at radius 2 is 2.07 bits per heavy atom. The minimum Gasteiger partial charge on any atom is -0.193 e. The monoisotopic (exact) mass is 225 g/mol. The fourth-order valence-corrected chi connectivity index (χ4v) is 1.70. The molecule has 0 N–H and O–H groups in total. The second-order valence-electron chi connectivity index (χ2n) is 2.74. The number of hydrogen-bond donors (Lipinski definition) is 0. The second kappa shape index (κ2) is 5.05. The first-order valence-electron chi connectivity index (χ1n) is 4.24. The molecule has 14 heavy (non-hydrogen) atoms. The van der Waals surface area contributed by atoms with Crippen LogP contribution in [0, 0.1) is 11.3 Å². The van der Waals surface area contributed by atoms with Crippen LogP contribution in [0.1, 0.15) is 18.9 Å². The summed E-state index contributed by atoms with van der Waals surface area (Å²) in [6.07, 6.45) is 0.612. The summed E-state index contributed by atoms with van der Waals surface area (Å²) in [4.78, 5) is 0. The van der Waals surface area contributed by atoms with E-state index in [4.69, 9.17) is 28.5 Å². The topological polar surface area (TPSA) is 23.8 Å². The van der Waals surface area contributed by atoms with Gasteiger partial charge in [0.05, 0.1) is 11.1 Å². The third-order valence-corrected chi connectivity index (χ3v) is 2.63. The van der Waals surface area contributed by atoms with E-state index in [0.29, 0.717) is 27.6 Å². The van der Waals surface area contributed by atoms with Crippen molar-refractivity contribution in [3.05, 3.63) is 40.4 Å². The summed E-state index contributed by atoms with van der Waals surface area (Å²) in [5, 5.41) is 9.83. The van der Waals surface area contributed by atoms with Gasteiger partial charge in [0.2, 0.25) is 0 Å². The SMILES string of the molecule is CCC(C#N)=C(Cl)c1ccccc1Cl. The lowest BCUT2D eigenvalue weighted by molar-refractivity contribution is 1.16. The van der Waals surface area contributed by atoms with E-state index in [1.165, 1.54) is 0 Å². The van der Waals surface area contributed by atoms with Gasteiger partial charge in [0.1, 0.15) is 0 Å². The molecule has 72 valence electrons. The van der Waals surface area contributed by atoms with E-state index in [2.05, 4.69) is 6.07 Å². The third kappa shape index (κ3) is 2.29. The van der Waals surface area contributed by atoms with Crippen LogP contribution < -0.4 is 0 Å². The van der Waals surface area contributed by atoms with Crippen molar-refractivity contribution in [3.8, 4) is 6.07 Å². The molecule has 1 aromatic rings. The molecule has 0 aliphatic carbocycles. The van der Waals surface area contributed by atoms with Crippen molar-refractivity contribution in [2.75, 3.05) is 0 Å². The molecule has 1 nitrogen and oxygen atoms in total. The Kier molecular flexibility index (Phi) is 4.00. The van der Waals surface area contributed by atoms with Crippen LogP contribution in [0.4, 0.5) is 0 Å². The van der Waals surface area contributed by atoms with E-state index in [1.807, 2.05) is 19.1 Å². The van der Waals surface area contributed by atoms with Crippen molar-refractivity contribution >= 4 is 28.2 Å². The maximum atomic E-state index is 8.81. The van der Waals surface area contributed by atoms with Gasteiger partial charge in [0.25, 0.3) is 0 Å². The predicted molar refractivity (Wildman–Crippen MR) is 60.1 cm³/mol. The van der Waals surface area contributed by atoms with Crippen molar-refractivity contribution in [2.24, 2.45) is 0 Å². The molecule has 1 aromatic carbocycles. The average Bonchev–Trinajstić information content (AvgIpc) is 2.20. The van der Waals surface area contributed by atoms with Gasteiger partial charge in [0.15, 0.2) is 0 Å². The highest BCUT2D eigenvalue weighted by Gasteiger charge is 2.07. The van der Waals surface area contributed by atoms with Gasteiger partial charge in [-0.25, -0.2) is 0 Å². The molecule has 0 atom stereocenters. The Balaban J connectivity index is 3.25. The lowest BCUT2D eigenvalue weighted by atomic mass is 10.1. The Labute approximate surface area is 93.6 Å². The van der Waals surface area contributed by atoms with Crippen molar-refractivity contribution in [1.82, 2.24) is 0 Å². The molecule has 0 spiro atoms. The Morgan fingerprint density at radius 3 is 2.57 bits per heavy atom. The number of allylic oxidation sites excluding steroid dienone is 1. The average molecular weight is 226 g/mol. The zero-order valence-corrected chi connectivity index (χ0v) is 9.23. The minimum atomic E-state index is 0.445. The van der Waals surface area contributed by atoms with Gasteiger partial charge in [0, 0.05) is 16.2 Å². The van der Waals surface area contributed by atoms with Crippen LogP contribution in [0.5, 0.6) is 0 Å². The lowest BCUT2D eigenvalue weighted by Crippen LogP contribution is -1.84. The van der Waals surface area contributed by atoms with Crippen LogP contribution in [0.3, 0.4) is 0 Å². The first kappa shape index (κ1) is 11.1. The summed E-state index contributed by atoms with van der Waals surface area (Å²) < 4.78 is 0. The van der Waals surface area contributed by atoms with Crippen LogP contribution >= 0.6 is 23.2 Å². The summed E-state index contributed by atoms with van der Waals surface area (Å²) in [7, 11) is 0. The smallest absolute Gasteiger partial charge is 0.0962 e. The van der Waals surface area contributed by atoms with Gasteiger partial charge in [-0.1, -0.05) is 48.3 Å². The number of rotatable bonds is 2. The van der Waals surface area contributed by atoms with Crippen LogP contribution in [0.25, 0.3) is 5.03 Å². The lowest BCUT2D eigenvalue weighted by Gasteiger charge is -2.03. The molecule has 0 aromatic heterocycles. The zero-order valence-electron chi connectivity index (χ0n) is 7.72. The molecule has 0 unspecified atom stereocenters. The maximum absolute atomic E-state index is 8.81. The van der Waals surface area contributed by atoms with Crippen LogP contribution in [-0.2, 0) is 0 Å². The molecule has 1 rings (SSSR count). The summed E-state index contributed by atoms with van der Waals surface area (Å²) in [5.41, 5.74) is 1.27. The normalized spacial score (nSPS) is 11.9. The molecule has 3 heteroatoms. The molecule has 0 heterocycles. The molecular weight excluding hydrogens is 217 g/mol. The molecule has 0 saturated heterocycles. The highest BCUT2D eigenvalue weighted by Crippen LogP contribution is 2.29. The molecule has 0 radical (unpaired) electrons. The van der Waals surface area contributed by atoms with Crippen LogP contribution in [0.2, 0.25) is 5.02 Å². The van der Waals surface area contributed by atoms with Crippen LogP contribution in [-0.4, -0.2) is 0 Å². The van der Waals surface area contributed by atoms with Crippen molar-refractivity contribution in [3.63, 3.8) is 0 Å². The Bertz CT molecular complexity index is 402. The number of benzene rings is 1. The molecule has 0 aliphatic heterocycles. The molecule has 0 bridgehead atoms. The molecular formula is C11H9Cl2N. The van der Waals surface area contributed by atoms with E-state index >= 15 is 0 Å². The quantitative estimate of drug-likeness (QED) is 0.692. The number of halogens is 2. The first-order valence-corrected chi connectivity index (χ1v) is 5.00. The van der Waals surface area contributed by atoms with E-state index in [0.717, 1.165) is 0 Å². The van der Waals surface area contributed by atoms with Gasteiger partial charge in [-0.2, -0.15) is 5.26 Å². The van der Waals surface area contributed by atoms with Crippen molar-refractivity contribution in [2.45, 2.75) is 13.3 Å². The van der Waals surface area contributed by atoms with Crippen molar-refractivity contribution < 1.29 is 0 Å². The number of nitrogens with zero attached hydrogens (tertiary/aromatic N) is 1. The number of hydrogen-bond acceptors (Lipinski definition) is 1. The van der Waals surface area contributed by atoms with Gasteiger partial charge in [-0.15, -0.1) is 0 Å². The van der Waals surface area contributed by atoms with Gasteiger partial charge in [-0.3, -0.25) is 0 Å². The Morgan fingerprint density at radius 1 is 1.43 bits per heavy atom. The van der Waals surface area contributed by atoms with Gasteiger partial charge in [-0.05, 0) is 12.5 Å². The standard InChI is InChI=1S/C11H9Cl2N/c1-2-8(7-14)11(13)9-5-3-4-6-10(9)12/h3-6H,2H2,1H3. The molecule has 0 fully saturated rings. The van der Waals surface area contributed by atoms with E-state index in [-0.39, 0.29) is 0 Å². The summed E-state index contributed by atoms with van der Waals surface area (Å²) >= 11 is 12.0.